The van der Waals surface area contributed by atoms with Gasteiger partial charge in [0.25, 0.3) is 0 Å². The molecule has 0 radical (unpaired) electrons. The van der Waals surface area contributed by atoms with Crippen molar-refractivity contribution in [3.63, 3.8) is 0 Å². The van der Waals surface area contributed by atoms with Crippen LogP contribution in [0.4, 0.5) is 10.8 Å². The van der Waals surface area contributed by atoms with Crippen molar-refractivity contribution in [1.29, 1.82) is 0 Å². The molecule has 0 aliphatic rings. The smallest absolute Gasteiger partial charge is 0.246 e. The summed E-state index contributed by atoms with van der Waals surface area (Å²) < 4.78 is 31.5. The topological polar surface area (TPSA) is 101 Å². The summed E-state index contributed by atoms with van der Waals surface area (Å²) in [6.45, 7) is 6.23. The van der Waals surface area contributed by atoms with Crippen molar-refractivity contribution in [1.82, 2.24) is 10.2 Å². The number of amides is 1. The van der Waals surface area contributed by atoms with E-state index >= 15 is 0 Å². The van der Waals surface area contributed by atoms with E-state index < -0.39 is 15.9 Å². The summed E-state index contributed by atoms with van der Waals surface area (Å²) in [5.74, 6) is 1.56. The molecule has 1 aromatic heterocycles. The highest BCUT2D eigenvalue weighted by molar-refractivity contribution is 8.01. The average Bonchev–Trinajstić information content (AvgIpc) is 3.05. The van der Waals surface area contributed by atoms with Gasteiger partial charge in [-0.3, -0.25) is 14.4 Å². The zero-order valence-electron chi connectivity index (χ0n) is 16.2. The van der Waals surface area contributed by atoms with E-state index in [9.17, 15) is 13.2 Å². The first kappa shape index (κ1) is 22.4. The Kier molecular flexibility index (Phi) is 8.08. The van der Waals surface area contributed by atoms with Crippen LogP contribution in [0.3, 0.4) is 0 Å². The van der Waals surface area contributed by atoms with Gasteiger partial charge < -0.3 is 4.74 Å². The lowest BCUT2D eigenvalue weighted by atomic mass is 10.3. The largest absolute Gasteiger partial charge is 0.494 e. The number of nitrogens with zero attached hydrogens (tertiary/aromatic N) is 3. The van der Waals surface area contributed by atoms with Crippen molar-refractivity contribution < 1.29 is 17.9 Å². The van der Waals surface area contributed by atoms with Gasteiger partial charge in [0, 0.05) is 5.75 Å². The predicted molar refractivity (Wildman–Crippen MR) is 114 cm³/mol. The molecular formula is C17H24N4O4S3. The molecule has 1 aromatic carbocycles. The number of sulfonamides is 1. The minimum Gasteiger partial charge on any atom is -0.494 e. The van der Waals surface area contributed by atoms with Gasteiger partial charge in [-0.15, -0.1) is 10.2 Å². The molecule has 1 heterocycles. The van der Waals surface area contributed by atoms with Crippen LogP contribution in [0.25, 0.3) is 0 Å². The number of rotatable bonds is 10. The van der Waals surface area contributed by atoms with Crippen molar-refractivity contribution in [3.05, 3.63) is 24.3 Å². The fourth-order valence-corrected chi connectivity index (χ4v) is 4.72. The van der Waals surface area contributed by atoms with Crippen molar-refractivity contribution in [2.45, 2.75) is 25.1 Å². The van der Waals surface area contributed by atoms with Gasteiger partial charge in [0.05, 0.1) is 18.6 Å². The third-order valence-corrected chi connectivity index (χ3v) is 6.86. The molecule has 8 nitrogen and oxygen atoms in total. The van der Waals surface area contributed by atoms with E-state index in [1.165, 1.54) is 11.3 Å². The molecule has 0 saturated heterocycles. The SMILES string of the molecule is CCOc1ccc(N(CC(=O)Nc2nnc(SCC(C)C)s2)S(C)(=O)=O)cc1. The number of carbonyl (C=O) groups is 1. The lowest BCUT2D eigenvalue weighted by molar-refractivity contribution is -0.114. The molecule has 28 heavy (non-hydrogen) atoms. The Hall–Kier alpha value is -1.85. The van der Waals surface area contributed by atoms with Gasteiger partial charge in [-0.1, -0.05) is 36.9 Å². The number of nitrogens with one attached hydrogen (secondary N) is 1. The molecule has 0 fully saturated rings. The monoisotopic (exact) mass is 444 g/mol. The lowest BCUT2D eigenvalue weighted by Crippen LogP contribution is -2.37. The third kappa shape index (κ3) is 6.95. The summed E-state index contributed by atoms with van der Waals surface area (Å²) in [7, 11) is -3.65. The number of hydrogen-bond acceptors (Lipinski definition) is 8. The van der Waals surface area contributed by atoms with Gasteiger partial charge in [-0.05, 0) is 37.1 Å². The number of benzene rings is 1. The van der Waals surface area contributed by atoms with Gasteiger partial charge in [-0.25, -0.2) is 8.42 Å². The Bertz CT molecular complexity index is 882. The Morgan fingerprint density at radius 3 is 2.54 bits per heavy atom. The minimum absolute atomic E-state index is 0.344. The number of anilines is 2. The molecule has 2 rings (SSSR count). The van der Waals surface area contributed by atoms with E-state index in [2.05, 4.69) is 29.4 Å². The molecule has 0 aliphatic heterocycles. The van der Waals surface area contributed by atoms with Crippen LogP contribution >= 0.6 is 23.1 Å². The Balaban J connectivity index is 2.05. The summed E-state index contributed by atoms with van der Waals surface area (Å²) >= 11 is 2.84. The molecule has 2 aromatic rings. The average molecular weight is 445 g/mol. The zero-order chi connectivity index (χ0) is 20.7. The van der Waals surface area contributed by atoms with Crippen LogP contribution < -0.4 is 14.4 Å². The normalized spacial score (nSPS) is 11.5. The molecule has 1 amide bonds. The molecule has 11 heteroatoms. The fraction of sp³-hybridized carbons (Fsp3) is 0.471. The number of aromatic nitrogens is 2. The van der Waals surface area contributed by atoms with Gasteiger partial charge in [0.1, 0.15) is 12.3 Å². The molecule has 1 N–H and O–H groups in total. The molecule has 0 spiro atoms. The first-order valence-corrected chi connectivity index (χ1v) is 12.3. The second-order valence-corrected chi connectivity index (χ2v) is 10.5. The van der Waals surface area contributed by atoms with Crippen LogP contribution in [0.5, 0.6) is 5.75 Å². The first-order chi connectivity index (χ1) is 13.2. The van der Waals surface area contributed by atoms with Crippen molar-refractivity contribution in [2.24, 2.45) is 5.92 Å². The molecular weight excluding hydrogens is 420 g/mol. The Morgan fingerprint density at radius 1 is 1.29 bits per heavy atom. The van der Waals surface area contributed by atoms with Crippen LogP contribution in [0, 0.1) is 5.92 Å². The van der Waals surface area contributed by atoms with Crippen molar-refractivity contribution in [2.75, 3.05) is 34.8 Å². The highest BCUT2D eigenvalue weighted by Crippen LogP contribution is 2.27. The lowest BCUT2D eigenvalue weighted by Gasteiger charge is -2.21. The highest BCUT2D eigenvalue weighted by atomic mass is 32.2. The first-order valence-electron chi connectivity index (χ1n) is 8.65. The summed E-state index contributed by atoms with van der Waals surface area (Å²) in [5.41, 5.74) is 0.381. The number of hydrogen-bond donors (Lipinski definition) is 1. The third-order valence-electron chi connectivity index (χ3n) is 3.32. The highest BCUT2D eigenvalue weighted by Gasteiger charge is 2.21. The number of thioether (sulfide) groups is 1. The number of ether oxygens (including phenoxy) is 1. The Labute approximate surface area is 173 Å². The minimum atomic E-state index is -3.65. The second kappa shape index (κ2) is 10.1. The fourth-order valence-electron chi connectivity index (χ4n) is 2.12. The maximum Gasteiger partial charge on any atom is 0.246 e. The zero-order valence-corrected chi connectivity index (χ0v) is 18.7. The number of carbonyl (C=O) groups excluding carboxylic acids is 1. The van der Waals surface area contributed by atoms with Crippen LogP contribution in [0.1, 0.15) is 20.8 Å². The van der Waals surface area contributed by atoms with Gasteiger partial charge in [0.2, 0.25) is 21.1 Å². The van der Waals surface area contributed by atoms with Crippen molar-refractivity contribution in [3.8, 4) is 5.75 Å². The quantitative estimate of drug-likeness (QED) is 0.444. The molecule has 154 valence electrons. The molecule has 0 bridgehead atoms. The van der Waals surface area contributed by atoms with Crippen molar-refractivity contribution >= 4 is 49.8 Å². The summed E-state index contributed by atoms with van der Waals surface area (Å²) in [6.07, 6.45) is 1.06. The van der Waals surface area contributed by atoms with E-state index in [1.54, 1.807) is 36.0 Å². The van der Waals surface area contributed by atoms with Gasteiger partial charge >= 0.3 is 0 Å². The van der Waals surface area contributed by atoms with Crippen LogP contribution in [0.2, 0.25) is 0 Å². The summed E-state index contributed by atoms with van der Waals surface area (Å²) in [5, 5.41) is 10.9. The predicted octanol–water partition coefficient (Wildman–Crippen LogP) is 3.09. The molecule has 0 saturated carbocycles. The van der Waals surface area contributed by atoms with E-state index in [0.717, 1.165) is 20.7 Å². The molecule has 0 unspecified atom stereocenters. The van der Waals surface area contributed by atoms with Crippen LogP contribution in [0.15, 0.2) is 28.6 Å². The second-order valence-electron chi connectivity index (χ2n) is 6.32. The van der Waals surface area contributed by atoms with Gasteiger partial charge in [-0.2, -0.15) is 0 Å². The standard InChI is InChI=1S/C17H24N4O4S3/c1-5-25-14-8-6-13(7-9-14)21(28(4,23)24)10-15(22)18-16-19-20-17(27-16)26-11-12(2)3/h6-9,12H,5,10-11H2,1-4H3,(H,18,19,22). The van der Waals surface area contributed by atoms with E-state index in [4.69, 9.17) is 4.74 Å². The molecule has 0 aliphatic carbocycles. The van der Waals surface area contributed by atoms with Gasteiger partial charge in [0.15, 0.2) is 4.34 Å². The maximum absolute atomic E-state index is 12.4. The summed E-state index contributed by atoms with van der Waals surface area (Å²) in [6, 6.07) is 6.53. The van der Waals surface area contributed by atoms with E-state index in [-0.39, 0.29) is 6.54 Å². The maximum atomic E-state index is 12.4. The van der Waals surface area contributed by atoms with E-state index in [0.29, 0.717) is 29.1 Å². The molecule has 0 atom stereocenters. The Morgan fingerprint density at radius 2 is 1.96 bits per heavy atom. The van der Waals surface area contributed by atoms with E-state index in [1.807, 2.05) is 6.92 Å². The summed E-state index contributed by atoms with van der Waals surface area (Å²) in [4.78, 5) is 12.4. The van der Waals surface area contributed by atoms with Crippen LogP contribution in [-0.4, -0.2) is 49.7 Å². The van der Waals surface area contributed by atoms with Crippen LogP contribution in [-0.2, 0) is 14.8 Å².